The molecule has 6 nitrogen and oxygen atoms in total. The molecule has 0 aliphatic carbocycles. The SMILES string of the molecule is CCC(CCN)CCC(=O)NCC1(C(=O)O)CCOCC1. The molecule has 1 aliphatic heterocycles. The first-order valence-electron chi connectivity index (χ1n) is 7.82. The molecule has 1 atom stereocenters. The van der Waals surface area contributed by atoms with Crippen LogP contribution in [0.5, 0.6) is 0 Å². The van der Waals surface area contributed by atoms with Gasteiger partial charge in [0.05, 0.1) is 5.41 Å². The number of nitrogens with one attached hydrogen (secondary N) is 1. The molecule has 0 aromatic carbocycles. The van der Waals surface area contributed by atoms with E-state index in [4.69, 9.17) is 10.5 Å². The fourth-order valence-corrected chi connectivity index (χ4v) is 2.71. The van der Waals surface area contributed by atoms with E-state index in [1.807, 2.05) is 0 Å². The maximum atomic E-state index is 11.9. The summed E-state index contributed by atoms with van der Waals surface area (Å²) in [6.45, 7) is 3.81. The highest BCUT2D eigenvalue weighted by molar-refractivity contribution is 5.79. The third-order valence-corrected chi connectivity index (χ3v) is 4.46. The van der Waals surface area contributed by atoms with E-state index in [-0.39, 0.29) is 12.5 Å². The van der Waals surface area contributed by atoms with Gasteiger partial charge >= 0.3 is 5.97 Å². The Morgan fingerprint density at radius 3 is 2.52 bits per heavy atom. The highest BCUT2D eigenvalue weighted by Crippen LogP contribution is 2.30. The highest BCUT2D eigenvalue weighted by Gasteiger charge is 2.40. The van der Waals surface area contributed by atoms with Crippen LogP contribution >= 0.6 is 0 Å². The molecular formula is C15H28N2O4. The van der Waals surface area contributed by atoms with Crippen molar-refractivity contribution in [1.82, 2.24) is 5.32 Å². The van der Waals surface area contributed by atoms with Crippen LogP contribution in [0.3, 0.4) is 0 Å². The third-order valence-electron chi connectivity index (χ3n) is 4.46. The number of carbonyl (C=O) groups is 2. The molecule has 1 heterocycles. The molecule has 4 N–H and O–H groups in total. The first-order chi connectivity index (χ1) is 10.0. The summed E-state index contributed by atoms with van der Waals surface area (Å²) in [5.74, 6) is -0.449. The van der Waals surface area contributed by atoms with Gasteiger partial charge in [0, 0.05) is 26.2 Å². The number of hydrogen-bond acceptors (Lipinski definition) is 4. The van der Waals surface area contributed by atoms with Crippen LogP contribution in [-0.2, 0) is 14.3 Å². The zero-order chi connectivity index (χ0) is 15.7. The molecule has 0 spiro atoms. The number of carbonyl (C=O) groups excluding carboxylic acids is 1. The van der Waals surface area contributed by atoms with Gasteiger partial charge in [0.15, 0.2) is 0 Å². The third kappa shape index (κ3) is 5.63. The summed E-state index contributed by atoms with van der Waals surface area (Å²) in [4.78, 5) is 23.4. The quantitative estimate of drug-likeness (QED) is 0.592. The largest absolute Gasteiger partial charge is 0.481 e. The molecule has 1 aliphatic rings. The summed E-state index contributed by atoms with van der Waals surface area (Å²) < 4.78 is 5.21. The van der Waals surface area contributed by atoms with Gasteiger partial charge in [-0.15, -0.1) is 0 Å². The monoisotopic (exact) mass is 300 g/mol. The van der Waals surface area contributed by atoms with Crippen LogP contribution in [0, 0.1) is 11.3 Å². The summed E-state index contributed by atoms with van der Waals surface area (Å²) in [5, 5.41) is 12.2. The molecule has 0 saturated carbocycles. The van der Waals surface area contributed by atoms with Crippen molar-refractivity contribution in [2.75, 3.05) is 26.3 Å². The predicted molar refractivity (Wildman–Crippen MR) is 79.8 cm³/mol. The van der Waals surface area contributed by atoms with E-state index >= 15 is 0 Å². The summed E-state index contributed by atoms with van der Waals surface area (Å²) in [6.07, 6.45) is 4.09. The van der Waals surface area contributed by atoms with Crippen molar-refractivity contribution in [2.45, 2.75) is 45.4 Å². The first kappa shape index (κ1) is 17.9. The Morgan fingerprint density at radius 1 is 1.33 bits per heavy atom. The van der Waals surface area contributed by atoms with Gasteiger partial charge in [0.2, 0.25) is 5.91 Å². The number of carboxylic acids is 1. The average molecular weight is 300 g/mol. The maximum Gasteiger partial charge on any atom is 0.311 e. The first-order valence-corrected chi connectivity index (χ1v) is 7.82. The lowest BCUT2D eigenvalue weighted by Gasteiger charge is -2.33. The molecule has 0 radical (unpaired) electrons. The van der Waals surface area contributed by atoms with E-state index < -0.39 is 11.4 Å². The van der Waals surface area contributed by atoms with Crippen molar-refractivity contribution in [2.24, 2.45) is 17.1 Å². The number of aliphatic carboxylic acids is 1. The van der Waals surface area contributed by atoms with E-state index in [0.29, 0.717) is 44.9 Å². The van der Waals surface area contributed by atoms with Crippen molar-refractivity contribution in [3.63, 3.8) is 0 Å². The Balaban J connectivity index is 2.38. The number of amides is 1. The maximum absolute atomic E-state index is 11.9. The average Bonchev–Trinajstić information content (AvgIpc) is 2.50. The molecule has 6 heteroatoms. The Bertz CT molecular complexity index is 341. The Hall–Kier alpha value is -1.14. The van der Waals surface area contributed by atoms with Crippen LogP contribution in [-0.4, -0.2) is 43.3 Å². The van der Waals surface area contributed by atoms with Crippen LogP contribution in [0.2, 0.25) is 0 Å². The Labute approximate surface area is 126 Å². The van der Waals surface area contributed by atoms with E-state index in [0.717, 1.165) is 19.3 Å². The zero-order valence-electron chi connectivity index (χ0n) is 12.9. The smallest absolute Gasteiger partial charge is 0.311 e. The molecule has 0 aromatic heterocycles. The topological polar surface area (TPSA) is 102 Å². The lowest BCUT2D eigenvalue weighted by Crippen LogP contribution is -2.46. The van der Waals surface area contributed by atoms with Crippen molar-refractivity contribution >= 4 is 11.9 Å². The van der Waals surface area contributed by atoms with Crippen molar-refractivity contribution in [1.29, 1.82) is 0 Å². The second-order valence-electron chi connectivity index (χ2n) is 5.86. The van der Waals surface area contributed by atoms with Crippen LogP contribution in [0.25, 0.3) is 0 Å². The fourth-order valence-electron chi connectivity index (χ4n) is 2.71. The Morgan fingerprint density at radius 2 is 2.00 bits per heavy atom. The lowest BCUT2D eigenvalue weighted by molar-refractivity contribution is -0.154. The highest BCUT2D eigenvalue weighted by atomic mass is 16.5. The van der Waals surface area contributed by atoms with Crippen molar-refractivity contribution in [3.8, 4) is 0 Å². The number of ether oxygens (including phenoxy) is 1. The van der Waals surface area contributed by atoms with Gasteiger partial charge in [-0.2, -0.15) is 0 Å². The molecule has 1 unspecified atom stereocenters. The van der Waals surface area contributed by atoms with E-state index in [2.05, 4.69) is 12.2 Å². The summed E-state index contributed by atoms with van der Waals surface area (Å²) in [7, 11) is 0. The minimum absolute atomic E-state index is 0.0717. The van der Waals surface area contributed by atoms with Crippen LogP contribution in [0.4, 0.5) is 0 Å². The van der Waals surface area contributed by atoms with Crippen LogP contribution in [0.15, 0.2) is 0 Å². The van der Waals surface area contributed by atoms with Crippen molar-refractivity contribution < 1.29 is 19.4 Å². The molecule has 0 bridgehead atoms. The van der Waals surface area contributed by atoms with Gasteiger partial charge in [-0.05, 0) is 38.1 Å². The Kier molecular flexibility index (Phi) is 7.67. The number of carboxylic acid groups (broad SMARTS) is 1. The molecular weight excluding hydrogens is 272 g/mol. The second kappa shape index (κ2) is 9.00. The van der Waals surface area contributed by atoms with Crippen molar-refractivity contribution in [3.05, 3.63) is 0 Å². The summed E-state index contributed by atoms with van der Waals surface area (Å²) in [6, 6.07) is 0. The zero-order valence-corrected chi connectivity index (χ0v) is 12.9. The normalized spacial score (nSPS) is 19.0. The minimum atomic E-state index is -0.866. The van der Waals surface area contributed by atoms with Gasteiger partial charge in [-0.25, -0.2) is 0 Å². The molecule has 21 heavy (non-hydrogen) atoms. The van der Waals surface area contributed by atoms with E-state index in [1.54, 1.807) is 0 Å². The molecule has 0 aromatic rings. The van der Waals surface area contributed by atoms with Crippen LogP contribution < -0.4 is 11.1 Å². The molecule has 122 valence electrons. The molecule has 1 saturated heterocycles. The molecule has 1 fully saturated rings. The molecule has 1 amide bonds. The number of nitrogens with two attached hydrogens (primary N) is 1. The number of rotatable bonds is 9. The molecule has 1 rings (SSSR count). The van der Waals surface area contributed by atoms with Crippen LogP contribution in [0.1, 0.15) is 45.4 Å². The number of hydrogen-bond donors (Lipinski definition) is 3. The van der Waals surface area contributed by atoms with Gasteiger partial charge in [-0.3, -0.25) is 9.59 Å². The second-order valence-corrected chi connectivity index (χ2v) is 5.86. The van der Waals surface area contributed by atoms with E-state index in [1.165, 1.54) is 0 Å². The lowest BCUT2D eigenvalue weighted by atomic mass is 9.80. The van der Waals surface area contributed by atoms with E-state index in [9.17, 15) is 14.7 Å². The summed E-state index contributed by atoms with van der Waals surface area (Å²) >= 11 is 0. The van der Waals surface area contributed by atoms with Gasteiger partial charge < -0.3 is 20.9 Å². The standard InChI is InChI=1S/C15H28N2O4/c1-2-12(5-8-16)3-4-13(18)17-11-15(14(19)20)6-9-21-10-7-15/h12H,2-11,16H2,1H3,(H,17,18)(H,19,20). The summed E-state index contributed by atoms with van der Waals surface area (Å²) in [5.41, 5.74) is 4.67. The predicted octanol–water partition coefficient (Wildman–Crippen LogP) is 1.14. The minimum Gasteiger partial charge on any atom is -0.481 e. The fraction of sp³-hybridized carbons (Fsp3) is 0.867. The van der Waals surface area contributed by atoms with Gasteiger partial charge in [-0.1, -0.05) is 13.3 Å². The van der Waals surface area contributed by atoms with Gasteiger partial charge in [0.1, 0.15) is 0 Å². The van der Waals surface area contributed by atoms with Gasteiger partial charge in [0.25, 0.3) is 0 Å².